The normalized spacial score (nSPS) is 13.7. The molecule has 2 aromatic carbocycles. The molecule has 0 amide bonds. The quantitative estimate of drug-likeness (QED) is 0.814. The predicted molar refractivity (Wildman–Crippen MR) is 85.7 cm³/mol. The SMILES string of the molecule is C[C@H](C(=O)c1ccc(Cl)cc1)[C@H](O)CCc1ccccc1. The molecule has 0 radical (unpaired) electrons. The molecule has 0 aliphatic heterocycles. The van der Waals surface area contributed by atoms with E-state index >= 15 is 0 Å². The highest BCUT2D eigenvalue weighted by atomic mass is 35.5. The van der Waals surface area contributed by atoms with Crippen LogP contribution < -0.4 is 0 Å². The molecular formula is C18H19ClO2. The van der Waals surface area contributed by atoms with Gasteiger partial charge in [-0.3, -0.25) is 4.79 Å². The number of carbonyl (C=O) groups excluding carboxylic acids is 1. The molecule has 0 saturated carbocycles. The molecule has 2 aromatic rings. The van der Waals surface area contributed by atoms with Crippen LogP contribution in [0.25, 0.3) is 0 Å². The third-order valence-corrected chi connectivity index (χ3v) is 3.94. The topological polar surface area (TPSA) is 37.3 Å². The second-order valence-electron chi connectivity index (χ2n) is 5.25. The van der Waals surface area contributed by atoms with Gasteiger partial charge in [-0.05, 0) is 42.7 Å². The van der Waals surface area contributed by atoms with Crippen molar-refractivity contribution in [3.05, 3.63) is 70.7 Å². The number of rotatable bonds is 6. The van der Waals surface area contributed by atoms with E-state index in [9.17, 15) is 9.90 Å². The minimum atomic E-state index is -0.645. The number of aryl methyl sites for hydroxylation is 1. The molecule has 1 N–H and O–H groups in total. The van der Waals surface area contributed by atoms with Crippen LogP contribution in [-0.4, -0.2) is 17.0 Å². The largest absolute Gasteiger partial charge is 0.392 e. The zero-order valence-corrected chi connectivity index (χ0v) is 12.8. The summed E-state index contributed by atoms with van der Waals surface area (Å²) in [5, 5.41) is 10.8. The first-order valence-corrected chi connectivity index (χ1v) is 7.47. The van der Waals surface area contributed by atoms with Crippen molar-refractivity contribution in [2.75, 3.05) is 0 Å². The van der Waals surface area contributed by atoms with E-state index < -0.39 is 12.0 Å². The Balaban J connectivity index is 1.93. The highest BCUT2D eigenvalue weighted by molar-refractivity contribution is 6.30. The first-order valence-electron chi connectivity index (χ1n) is 7.09. The molecule has 110 valence electrons. The second-order valence-corrected chi connectivity index (χ2v) is 5.69. The van der Waals surface area contributed by atoms with Crippen LogP contribution in [-0.2, 0) is 6.42 Å². The van der Waals surface area contributed by atoms with Crippen molar-refractivity contribution in [1.82, 2.24) is 0 Å². The third-order valence-electron chi connectivity index (χ3n) is 3.69. The molecule has 0 aliphatic rings. The van der Waals surface area contributed by atoms with Crippen molar-refractivity contribution in [2.24, 2.45) is 5.92 Å². The van der Waals surface area contributed by atoms with E-state index in [0.29, 0.717) is 17.0 Å². The minimum Gasteiger partial charge on any atom is -0.392 e. The summed E-state index contributed by atoms with van der Waals surface area (Å²) in [6.45, 7) is 1.77. The van der Waals surface area contributed by atoms with Gasteiger partial charge in [-0.2, -0.15) is 0 Å². The summed E-state index contributed by atoms with van der Waals surface area (Å²) < 4.78 is 0. The van der Waals surface area contributed by atoms with Gasteiger partial charge in [0.05, 0.1) is 6.10 Å². The Labute approximate surface area is 130 Å². The predicted octanol–water partition coefficient (Wildman–Crippen LogP) is 4.15. The molecular weight excluding hydrogens is 284 g/mol. The molecule has 0 bridgehead atoms. The maximum absolute atomic E-state index is 12.3. The van der Waals surface area contributed by atoms with Crippen molar-refractivity contribution in [3.8, 4) is 0 Å². The van der Waals surface area contributed by atoms with Crippen LogP contribution >= 0.6 is 11.6 Å². The van der Waals surface area contributed by atoms with Crippen molar-refractivity contribution in [3.63, 3.8) is 0 Å². The van der Waals surface area contributed by atoms with Gasteiger partial charge in [0.2, 0.25) is 0 Å². The molecule has 0 heterocycles. The van der Waals surface area contributed by atoms with Crippen LogP contribution in [0.5, 0.6) is 0 Å². The van der Waals surface area contributed by atoms with Gasteiger partial charge in [-0.25, -0.2) is 0 Å². The number of hydrogen-bond acceptors (Lipinski definition) is 2. The average Bonchev–Trinajstić information content (AvgIpc) is 2.53. The lowest BCUT2D eigenvalue weighted by molar-refractivity contribution is 0.0692. The molecule has 2 nitrogen and oxygen atoms in total. The molecule has 0 unspecified atom stereocenters. The second kappa shape index (κ2) is 7.39. The Morgan fingerprint density at radius 1 is 1.10 bits per heavy atom. The summed E-state index contributed by atoms with van der Waals surface area (Å²) in [7, 11) is 0. The van der Waals surface area contributed by atoms with E-state index in [1.165, 1.54) is 5.56 Å². The van der Waals surface area contributed by atoms with Crippen molar-refractivity contribution in [2.45, 2.75) is 25.9 Å². The molecule has 0 fully saturated rings. The van der Waals surface area contributed by atoms with E-state index in [1.807, 2.05) is 30.3 Å². The highest BCUT2D eigenvalue weighted by Gasteiger charge is 2.22. The zero-order chi connectivity index (χ0) is 15.2. The maximum atomic E-state index is 12.3. The number of carbonyl (C=O) groups is 1. The van der Waals surface area contributed by atoms with E-state index in [4.69, 9.17) is 11.6 Å². The summed E-state index contributed by atoms with van der Waals surface area (Å²) in [6.07, 6.45) is 0.693. The number of benzene rings is 2. The number of aliphatic hydroxyl groups excluding tert-OH is 1. The Morgan fingerprint density at radius 2 is 1.71 bits per heavy atom. The van der Waals surface area contributed by atoms with Gasteiger partial charge >= 0.3 is 0 Å². The Bertz CT molecular complexity index is 578. The zero-order valence-electron chi connectivity index (χ0n) is 12.0. The third kappa shape index (κ3) is 4.42. The van der Waals surface area contributed by atoms with Crippen LogP contribution in [0, 0.1) is 5.92 Å². The Hall–Kier alpha value is -1.64. The smallest absolute Gasteiger partial charge is 0.168 e. The molecule has 2 rings (SSSR count). The van der Waals surface area contributed by atoms with E-state index in [1.54, 1.807) is 31.2 Å². The summed E-state index contributed by atoms with van der Waals surface area (Å²) in [5.74, 6) is -0.470. The lowest BCUT2D eigenvalue weighted by Crippen LogP contribution is -2.26. The lowest BCUT2D eigenvalue weighted by atomic mass is 9.91. The van der Waals surface area contributed by atoms with Crippen LogP contribution in [0.15, 0.2) is 54.6 Å². The van der Waals surface area contributed by atoms with E-state index in [-0.39, 0.29) is 5.78 Å². The summed E-state index contributed by atoms with van der Waals surface area (Å²) in [5.41, 5.74) is 1.76. The number of ketones is 1. The van der Waals surface area contributed by atoms with Gasteiger partial charge in [0.25, 0.3) is 0 Å². The Morgan fingerprint density at radius 3 is 2.33 bits per heavy atom. The van der Waals surface area contributed by atoms with Crippen LogP contribution in [0.3, 0.4) is 0 Å². The van der Waals surface area contributed by atoms with Gasteiger partial charge in [0, 0.05) is 16.5 Å². The highest BCUT2D eigenvalue weighted by Crippen LogP contribution is 2.18. The maximum Gasteiger partial charge on any atom is 0.168 e. The van der Waals surface area contributed by atoms with E-state index in [2.05, 4.69) is 0 Å². The minimum absolute atomic E-state index is 0.0489. The van der Waals surface area contributed by atoms with Crippen molar-refractivity contribution < 1.29 is 9.90 Å². The van der Waals surface area contributed by atoms with Gasteiger partial charge < -0.3 is 5.11 Å². The molecule has 2 atom stereocenters. The first kappa shape index (κ1) is 15.7. The van der Waals surface area contributed by atoms with Gasteiger partial charge in [0.15, 0.2) is 5.78 Å². The molecule has 3 heteroatoms. The van der Waals surface area contributed by atoms with Crippen molar-refractivity contribution >= 4 is 17.4 Å². The molecule has 21 heavy (non-hydrogen) atoms. The average molecular weight is 303 g/mol. The fourth-order valence-electron chi connectivity index (χ4n) is 2.26. The van der Waals surface area contributed by atoms with Gasteiger partial charge in [0.1, 0.15) is 0 Å². The van der Waals surface area contributed by atoms with Crippen LogP contribution in [0.2, 0.25) is 5.02 Å². The molecule has 0 aliphatic carbocycles. The fraction of sp³-hybridized carbons (Fsp3) is 0.278. The standard InChI is InChI=1S/C18H19ClO2/c1-13(18(21)15-8-10-16(19)11-9-15)17(20)12-7-14-5-3-2-4-6-14/h2-6,8-11,13,17,20H,7,12H2,1H3/t13-,17+/m0/s1. The van der Waals surface area contributed by atoms with Crippen LogP contribution in [0.4, 0.5) is 0 Å². The first-order chi connectivity index (χ1) is 10.1. The lowest BCUT2D eigenvalue weighted by Gasteiger charge is -2.18. The number of Topliss-reactive ketones (excluding diaryl/α,β-unsaturated/α-hetero) is 1. The molecule has 0 saturated heterocycles. The summed E-state index contributed by atoms with van der Waals surface area (Å²) in [6, 6.07) is 16.8. The van der Waals surface area contributed by atoms with Gasteiger partial charge in [-0.1, -0.05) is 48.9 Å². The monoisotopic (exact) mass is 302 g/mol. The Kier molecular flexibility index (Phi) is 5.54. The number of halogens is 1. The fourth-order valence-corrected chi connectivity index (χ4v) is 2.39. The summed E-state index contributed by atoms with van der Waals surface area (Å²) in [4.78, 5) is 12.3. The van der Waals surface area contributed by atoms with E-state index in [0.717, 1.165) is 6.42 Å². The summed E-state index contributed by atoms with van der Waals surface area (Å²) >= 11 is 5.82. The van der Waals surface area contributed by atoms with Crippen molar-refractivity contribution in [1.29, 1.82) is 0 Å². The molecule has 0 spiro atoms. The van der Waals surface area contributed by atoms with Gasteiger partial charge in [-0.15, -0.1) is 0 Å². The number of aliphatic hydroxyl groups is 1. The molecule has 0 aromatic heterocycles. The number of hydrogen-bond donors (Lipinski definition) is 1. The van der Waals surface area contributed by atoms with Crippen LogP contribution in [0.1, 0.15) is 29.3 Å².